The molecule has 19 heavy (non-hydrogen) atoms. The van der Waals surface area contributed by atoms with Crippen molar-refractivity contribution < 1.29 is 14.3 Å². The molecule has 0 aliphatic carbocycles. The van der Waals surface area contributed by atoms with E-state index in [0.29, 0.717) is 16.7 Å². The standard InChI is InChI=1S/C15H22FNO2/c1-7(2)10-6-11(15(17)19)13(9(5)18)12(8(3)4)14(10)16/h6-9,18H,1-5H3,(H2,17,19). The van der Waals surface area contributed by atoms with Crippen LogP contribution in [0.25, 0.3) is 0 Å². The fourth-order valence-electron chi connectivity index (χ4n) is 2.35. The van der Waals surface area contributed by atoms with E-state index in [1.807, 2.05) is 27.7 Å². The van der Waals surface area contributed by atoms with E-state index < -0.39 is 12.0 Å². The number of hydrogen-bond acceptors (Lipinski definition) is 2. The maximum Gasteiger partial charge on any atom is 0.249 e. The molecule has 0 heterocycles. The number of amides is 1. The second kappa shape index (κ2) is 5.70. The highest BCUT2D eigenvalue weighted by atomic mass is 19.1. The van der Waals surface area contributed by atoms with Gasteiger partial charge in [-0.3, -0.25) is 4.79 Å². The van der Waals surface area contributed by atoms with E-state index in [2.05, 4.69) is 0 Å². The van der Waals surface area contributed by atoms with Crippen LogP contribution in [-0.4, -0.2) is 11.0 Å². The number of aliphatic hydroxyl groups is 1. The van der Waals surface area contributed by atoms with Gasteiger partial charge in [-0.1, -0.05) is 27.7 Å². The molecule has 0 radical (unpaired) electrons. The van der Waals surface area contributed by atoms with Crippen LogP contribution >= 0.6 is 0 Å². The van der Waals surface area contributed by atoms with Gasteiger partial charge in [0.15, 0.2) is 0 Å². The maximum atomic E-state index is 14.6. The lowest BCUT2D eigenvalue weighted by Crippen LogP contribution is -2.19. The highest BCUT2D eigenvalue weighted by molar-refractivity contribution is 5.95. The summed E-state index contributed by atoms with van der Waals surface area (Å²) in [6.07, 6.45) is -0.935. The number of hydrogen-bond donors (Lipinski definition) is 2. The average molecular weight is 267 g/mol. The number of aliphatic hydroxyl groups excluding tert-OH is 1. The highest BCUT2D eigenvalue weighted by Gasteiger charge is 2.25. The van der Waals surface area contributed by atoms with E-state index >= 15 is 0 Å². The largest absolute Gasteiger partial charge is 0.389 e. The molecule has 0 saturated carbocycles. The Kier molecular flexibility index (Phi) is 4.69. The van der Waals surface area contributed by atoms with Gasteiger partial charge in [-0.15, -0.1) is 0 Å². The molecule has 1 rings (SSSR count). The molecule has 0 aliphatic rings. The summed E-state index contributed by atoms with van der Waals surface area (Å²) in [4.78, 5) is 11.6. The number of carbonyl (C=O) groups excluding carboxylic acids is 1. The molecule has 1 amide bonds. The Balaban J connectivity index is 3.78. The van der Waals surface area contributed by atoms with Gasteiger partial charge < -0.3 is 10.8 Å². The predicted octanol–water partition coefficient (Wildman–Crippen LogP) is 3.22. The Bertz CT molecular complexity index is 493. The topological polar surface area (TPSA) is 63.3 Å². The monoisotopic (exact) mass is 267 g/mol. The second-order valence-electron chi connectivity index (χ2n) is 5.50. The van der Waals surface area contributed by atoms with Gasteiger partial charge in [0.25, 0.3) is 0 Å². The number of halogens is 1. The summed E-state index contributed by atoms with van der Waals surface area (Å²) in [5, 5.41) is 9.86. The molecule has 106 valence electrons. The zero-order valence-corrected chi connectivity index (χ0v) is 12.1. The van der Waals surface area contributed by atoms with Gasteiger partial charge in [-0.2, -0.15) is 0 Å². The van der Waals surface area contributed by atoms with Crippen molar-refractivity contribution in [1.82, 2.24) is 0 Å². The minimum atomic E-state index is -0.935. The predicted molar refractivity (Wildman–Crippen MR) is 73.7 cm³/mol. The Hall–Kier alpha value is -1.42. The van der Waals surface area contributed by atoms with Crippen molar-refractivity contribution in [1.29, 1.82) is 0 Å². The fourth-order valence-corrected chi connectivity index (χ4v) is 2.35. The molecule has 1 aromatic carbocycles. The third kappa shape index (κ3) is 2.95. The summed E-state index contributed by atoms with van der Waals surface area (Å²) in [6, 6.07) is 1.47. The van der Waals surface area contributed by atoms with Crippen molar-refractivity contribution in [2.24, 2.45) is 5.73 Å². The smallest absolute Gasteiger partial charge is 0.249 e. The Morgan fingerprint density at radius 3 is 2.00 bits per heavy atom. The van der Waals surface area contributed by atoms with Crippen LogP contribution in [0.1, 0.15) is 79.6 Å². The molecular weight excluding hydrogens is 245 g/mol. The fraction of sp³-hybridized carbons (Fsp3) is 0.533. The zero-order chi connectivity index (χ0) is 14.9. The highest BCUT2D eigenvalue weighted by Crippen LogP contribution is 2.35. The van der Waals surface area contributed by atoms with Crippen molar-refractivity contribution in [3.63, 3.8) is 0 Å². The summed E-state index contributed by atoms with van der Waals surface area (Å²) in [5.74, 6) is -1.18. The Labute approximate surface area is 113 Å². The maximum absolute atomic E-state index is 14.6. The molecule has 0 saturated heterocycles. The van der Waals surface area contributed by atoms with Gasteiger partial charge in [0, 0.05) is 5.56 Å². The van der Waals surface area contributed by atoms with E-state index in [4.69, 9.17) is 5.73 Å². The van der Waals surface area contributed by atoms with Crippen molar-refractivity contribution in [2.75, 3.05) is 0 Å². The van der Waals surface area contributed by atoms with Crippen molar-refractivity contribution in [3.05, 3.63) is 34.1 Å². The van der Waals surface area contributed by atoms with Crippen molar-refractivity contribution >= 4 is 5.91 Å². The first-order chi connectivity index (χ1) is 8.68. The van der Waals surface area contributed by atoms with Gasteiger partial charge in [-0.05, 0) is 41.5 Å². The first-order valence-corrected chi connectivity index (χ1v) is 6.52. The molecule has 0 bridgehead atoms. The van der Waals surface area contributed by atoms with Crippen LogP contribution in [0, 0.1) is 5.82 Å². The third-order valence-electron chi connectivity index (χ3n) is 3.25. The van der Waals surface area contributed by atoms with E-state index in [-0.39, 0.29) is 23.2 Å². The van der Waals surface area contributed by atoms with E-state index in [9.17, 15) is 14.3 Å². The minimum Gasteiger partial charge on any atom is -0.389 e. The summed E-state index contributed by atoms with van der Waals surface area (Å²) < 4.78 is 14.6. The second-order valence-corrected chi connectivity index (χ2v) is 5.50. The lowest BCUT2D eigenvalue weighted by molar-refractivity contribution is 0.0993. The Morgan fingerprint density at radius 2 is 1.68 bits per heavy atom. The number of carbonyl (C=O) groups is 1. The SMILES string of the molecule is CC(C)c1cc(C(N)=O)c(C(C)O)c(C(C)C)c1F. The zero-order valence-electron chi connectivity index (χ0n) is 12.1. The van der Waals surface area contributed by atoms with Gasteiger partial charge in [0.2, 0.25) is 5.91 Å². The number of nitrogens with two attached hydrogens (primary N) is 1. The number of benzene rings is 1. The van der Waals surface area contributed by atoms with Crippen LogP contribution in [-0.2, 0) is 0 Å². The third-order valence-corrected chi connectivity index (χ3v) is 3.25. The molecule has 4 heteroatoms. The normalized spacial score (nSPS) is 13.1. The molecule has 0 aromatic heterocycles. The summed E-state index contributed by atoms with van der Waals surface area (Å²) in [5.41, 5.74) is 6.73. The van der Waals surface area contributed by atoms with Crippen LogP contribution in [0.5, 0.6) is 0 Å². The molecule has 1 unspecified atom stereocenters. The molecule has 0 fully saturated rings. The minimum absolute atomic E-state index is 0.0568. The molecule has 1 atom stereocenters. The molecule has 0 aliphatic heterocycles. The summed E-state index contributed by atoms with van der Waals surface area (Å²) >= 11 is 0. The molecule has 1 aromatic rings. The van der Waals surface area contributed by atoms with E-state index in [0.717, 1.165) is 0 Å². The van der Waals surface area contributed by atoms with E-state index in [1.165, 1.54) is 13.0 Å². The molecule has 3 N–H and O–H groups in total. The van der Waals surface area contributed by atoms with Gasteiger partial charge in [0.1, 0.15) is 5.82 Å². The average Bonchev–Trinajstić information content (AvgIpc) is 2.26. The van der Waals surface area contributed by atoms with Gasteiger partial charge in [-0.25, -0.2) is 4.39 Å². The van der Waals surface area contributed by atoms with Crippen molar-refractivity contribution in [3.8, 4) is 0 Å². The lowest BCUT2D eigenvalue weighted by atomic mass is 9.85. The van der Waals surface area contributed by atoms with Crippen LogP contribution < -0.4 is 5.73 Å². The first-order valence-electron chi connectivity index (χ1n) is 6.52. The molecular formula is C15H22FNO2. The summed E-state index contributed by atoms with van der Waals surface area (Å²) in [7, 11) is 0. The van der Waals surface area contributed by atoms with Crippen molar-refractivity contribution in [2.45, 2.75) is 52.6 Å². The lowest BCUT2D eigenvalue weighted by Gasteiger charge is -2.22. The van der Waals surface area contributed by atoms with Crippen LogP contribution in [0.3, 0.4) is 0 Å². The van der Waals surface area contributed by atoms with E-state index in [1.54, 1.807) is 0 Å². The molecule has 0 spiro atoms. The molecule has 3 nitrogen and oxygen atoms in total. The van der Waals surface area contributed by atoms with Crippen LogP contribution in [0.4, 0.5) is 4.39 Å². The number of primary amides is 1. The Morgan fingerprint density at radius 1 is 1.16 bits per heavy atom. The van der Waals surface area contributed by atoms with Gasteiger partial charge in [0.05, 0.1) is 6.10 Å². The summed E-state index contributed by atoms with van der Waals surface area (Å²) in [6.45, 7) is 8.89. The quantitative estimate of drug-likeness (QED) is 0.879. The van der Waals surface area contributed by atoms with Crippen LogP contribution in [0.2, 0.25) is 0 Å². The van der Waals surface area contributed by atoms with Crippen LogP contribution in [0.15, 0.2) is 6.07 Å². The first kappa shape index (κ1) is 15.6. The van der Waals surface area contributed by atoms with Gasteiger partial charge >= 0.3 is 0 Å². The number of rotatable bonds is 4.